The minimum Gasteiger partial charge on any atom is -0.380 e. The highest BCUT2D eigenvalue weighted by atomic mass is 32.1. The Morgan fingerprint density at radius 3 is 2.21 bits per heavy atom. The summed E-state index contributed by atoms with van der Waals surface area (Å²) in [6.07, 6.45) is 12.4. The van der Waals surface area contributed by atoms with E-state index in [9.17, 15) is 0 Å². The topological polar surface area (TPSA) is 12.5 Å². The molecule has 1 rings (SSSR count). The van der Waals surface area contributed by atoms with Crippen LogP contribution in [0.2, 0.25) is 0 Å². The minimum absolute atomic E-state index is 0.896. The summed E-state index contributed by atoms with van der Waals surface area (Å²) in [5.74, 6) is 1.95. The van der Waals surface area contributed by atoms with Gasteiger partial charge in [0.15, 0.2) is 0 Å². The monoisotopic (exact) mass is 287 g/mol. The van der Waals surface area contributed by atoms with Crippen LogP contribution in [0, 0.1) is 5.92 Å². The number of unbranched alkanes of at least 4 members (excludes halogenated alkanes) is 6. The minimum atomic E-state index is 0.896. The summed E-state index contributed by atoms with van der Waals surface area (Å²) < 4.78 is 5.66. The van der Waals surface area contributed by atoms with Gasteiger partial charge in [-0.15, -0.1) is 0 Å². The van der Waals surface area contributed by atoms with Gasteiger partial charge in [0.2, 0.25) is 0 Å². The van der Waals surface area contributed by atoms with Crippen molar-refractivity contribution in [3.63, 3.8) is 0 Å². The fourth-order valence-electron chi connectivity index (χ4n) is 2.24. The summed E-state index contributed by atoms with van der Waals surface area (Å²) in [6, 6.07) is 0. The third-order valence-corrected chi connectivity index (χ3v) is 4.18. The second-order valence-electron chi connectivity index (χ2n) is 6.02. The van der Waals surface area contributed by atoms with E-state index in [1.54, 1.807) is 0 Å². The van der Waals surface area contributed by atoms with E-state index in [0.717, 1.165) is 31.4 Å². The Labute approximate surface area is 125 Å². The summed E-state index contributed by atoms with van der Waals surface area (Å²) in [5.41, 5.74) is 0. The largest absolute Gasteiger partial charge is 0.380 e. The van der Waals surface area contributed by atoms with Gasteiger partial charge in [0.1, 0.15) is 0 Å². The molecule has 0 atom stereocenters. The molecule has 0 N–H and O–H groups in total. The third kappa shape index (κ3) is 11.8. The molecule has 1 saturated carbocycles. The number of rotatable bonds is 14. The Kier molecular flexibility index (Phi) is 11.0. The van der Waals surface area contributed by atoms with Crippen molar-refractivity contribution in [2.75, 3.05) is 39.1 Å². The zero-order valence-corrected chi connectivity index (χ0v) is 13.7. The molecule has 1 aliphatic carbocycles. The molecule has 1 aliphatic rings. The predicted octanol–water partition coefficient (Wildman–Crippen LogP) is 4.01. The van der Waals surface area contributed by atoms with Gasteiger partial charge in [-0.3, -0.25) is 0 Å². The molecule has 2 nitrogen and oxygen atoms in total. The van der Waals surface area contributed by atoms with Gasteiger partial charge in [-0.05, 0) is 50.9 Å². The van der Waals surface area contributed by atoms with Crippen LogP contribution in [0.25, 0.3) is 0 Å². The van der Waals surface area contributed by atoms with Crippen LogP contribution < -0.4 is 0 Å². The zero-order chi connectivity index (χ0) is 13.8. The first kappa shape index (κ1) is 17.3. The highest BCUT2D eigenvalue weighted by Crippen LogP contribution is 2.28. The maximum Gasteiger partial charge on any atom is 0.0593 e. The Hall–Kier alpha value is 0.270. The van der Waals surface area contributed by atoms with Crippen molar-refractivity contribution >= 4 is 12.6 Å². The van der Waals surface area contributed by atoms with Crippen molar-refractivity contribution in [2.24, 2.45) is 5.92 Å². The molecular weight excluding hydrogens is 254 g/mol. The molecule has 0 radical (unpaired) electrons. The summed E-state index contributed by atoms with van der Waals surface area (Å²) in [4.78, 5) is 2.41. The first-order chi connectivity index (χ1) is 9.33. The number of ether oxygens (including phenoxy) is 1. The summed E-state index contributed by atoms with van der Waals surface area (Å²) in [7, 11) is 2.22. The molecule has 0 aromatic carbocycles. The lowest BCUT2D eigenvalue weighted by atomic mass is 10.1. The van der Waals surface area contributed by atoms with Gasteiger partial charge < -0.3 is 9.64 Å². The Morgan fingerprint density at radius 2 is 1.58 bits per heavy atom. The van der Waals surface area contributed by atoms with Gasteiger partial charge >= 0.3 is 0 Å². The van der Waals surface area contributed by atoms with Crippen LogP contribution in [0.1, 0.15) is 57.8 Å². The van der Waals surface area contributed by atoms with Crippen molar-refractivity contribution in [3.05, 3.63) is 0 Å². The molecule has 0 saturated heterocycles. The molecule has 0 amide bonds. The Balaban J connectivity index is 1.72. The summed E-state index contributed by atoms with van der Waals surface area (Å²) in [6.45, 7) is 4.23. The molecule has 114 valence electrons. The lowest BCUT2D eigenvalue weighted by Gasteiger charge is -2.16. The highest BCUT2D eigenvalue weighted by Gasteiger charge is 2.20. The van der Waals surface area contributed by atoms with Gasteiger partial charge in [0.25, 0.3) is 0 Å². The molecule has 0 unspecified atom stereocenters. The van der Waals surface area contributed by atoms with E-state index in [-0.39, 0.29) is 0 Å². The fourth-order valence-corrected chi connectivity index (χ4v) is 2.47. The second-order valence-corrected chi connectivity index (χ2v) is 6.47. The van der Waals surface area contributed by atoms with E-state index < -0.39 is 0 Å². The zero-order valence-electron chi connectivity index (χ0n) is 12.8. The Morgan fingerprint density at radius 1 is 0.947 bits per heavy atom. The van der Waals surface area contributed by atoms with Crippen LogP contribution in [0.3, 0.4) is 0 Å². The van der Waals surface area contributed by atoms with Crippen LogP contribution in [0.15, 0.2) is 0 Å². The molecule has 0 aromatic rings. The lowest BCUT2D eigenvalue weighted by molar-refractivity contribution is 0.103. The van der Waals surface area contributed by atoms with Gasteiger partial charge in [0.05, 0.1) is 6.61 Å². The summed E-state index contributed by atoms with van der Waals surface area (Å²) >= 11 is 4.24. The maximum atomic E-state index is 5.66. The van der Waals surface area contributed by atoms with Gasteiger partial charge in [-0.1, -0.05) is 32.1 Å². The van der Waals surface area contributed by atoms with E-state index in [2.05, 4.69) is 24.6 Å². The number of hydrogen-bond acceptors (Lipinski definition) is 3. The first-order valence-electron chi connectivity index (χ1n) is 8.20. The van der Waals surface area contributed by atoms with Crippen LogP contribution in [0.5, 0.6) is 0 Å². The second kappa shape index (κ2) is 12.0. The molecule has 0 aromatic heterocycles. The van der Waals surface area contributed by atoms with E-state index >= 15 is 0 Å². The number of nitrogens with zero attached hydrogens (tertiary/aromatic N) is 1. The van der Waals surface area contributed by atoms with Crippen LogP contribution in [-0.2, 0) is 4.74 Å². The van der Waals surface area contributed by atoms with Crippen molar-refractivity contribution in [1.29, 1.82) is 0 Å². The average Bonchev–Trinajstić information content (AvgIpc) is 3.22. The van der Waals surface area contributed by atoms with Crippen molar-refractivity contribution < 1.29 is 4.74 Å². The normalized spacial score (nSPS) is 15.3. The quantitative estimate of drug-likeness (QED) is 0.383. The molecule has 0 heterocycles. The summed E-state index contributed by atoms with van der Waals surface area (Å²) in [5, 5.41) is 0. The number of thiol groups is 1. The lowest BCUT2D eigenvalue weighted by Crippen LogP contribution is -2.24. The predicted molar refractivity (Wildman–Crippen MR) is 87.2 cm³/mol. The Bertz CT molecular complexity index is 197. The molecular formula is C16H33NOS. The van der Waals surface area contributed by atoms with Crippen LogP contribution in [-0.4, -0.2) is 44.0 Å². The molecule has 0 bridgehead atoms. The number of likely N-dealkylation sites (N-methyl/N-ethyl adjacent to an activating group) is 1. The van der Waals surface area contributed by atoms with Crippen molar-refractivity contribution in [1.82, 2.24) is 4.90 Å². The van der Waals surface area contributed by atoms with Crippen molar-refractivity contribution in [2.45, 2.75) is 57.8 Å². The number of hydrogen-bond donors (Lipinski definition) is 1. The first-order valence-corrected chi connectivity index (χ1v) is 8.83. The van der Waals surface area contributed by atoms with Crippen LogP contribution >= 0.6 is 12.6 Å². The molecule has 1 fully saturated rings. The van der Waals surface area contributed by atoms with Crippen LogP contribution in [0.4, 0.5) is 0 Å². The molecule has 3 heteroatoms. The molecule has 0 spiro atoms. The average molecular weight is 288 g/mol. The van der Waals surface area contributed by atoms with Gasteiger partial charge in [-0.2, -0.15) is 12.6 Å². The highest BCUT2D eigenvalue weighted by molar-refractivity contribution is 7.80. The molecule has 0 aliphatic heterocycles. The van der Waals surface area contributed by atoms with Gasteiger partial charge in [-0.25, -0.2) is 0 Å². The smallest absolute Gasteiger partial charge is 0.0593 e. The van der Waals surface area contributed by atoms with Gasteiger partial charge in [0, 0.05) is 13.2 Å². The standard InChI is InChI=1S/C16H33NOS/c1-17(12-13-18-15-16-9-10-16)11-7-5-3-2-4-6-8-14-19/h16,19H,2-15H2,1H3. The van der Waals surface area contributed by atoms with E-state index in [1.165, 1.54) is 64.3 Å². The third-order valence-electron chi connectivity index (χ3n) is 3.87. The molecule has 19 heavy (non-hydrogen) atoms. The van der Waals surface area contributed by atoms with E-state index in [1.807, 2.05) is 0 Å². The fraction of sp³-hybridized carbons (Fsp3) is 1.00. The van der Waals surface area contributed by atoms with E-state index in [4.69, 9.17) is 4.74 Å². The SMILES string of the molecule is CN(CCCCCCCCCS)CCOCC1CC1. The maximum absolute atomic E-state index is 5.66. The van der Waals surface area contributed by atoms with E-state index in [0.29, 0.717) is 0 Å². The van der Waals surface area contributed by atoms with Crippen molar-refractivity contribution in [3.8, 4) is 0 Å².